The summed E-state index contributed by atoms with van der Waals surface area (Å²) in [4.78, 5) is 1.36. The Kier molecular flexibility index (Phi) is 4.12. The SMILES string of the molecule is On1nnc2cc(Cl)c(Cl)cc21.On1nnc2cc(Cl)ccc21. The summed E-state index contributed by atoms with van der Waals surface area (Å²) in [5.74, 6) is 0. The number of halogens is 3. The van der Waals surface area contributed by atoms with Crippen LogP contribution >= 0.6 is 34.8 Å². The first kappa shape index (κ1) is 15.6. The van der Waals surface area contributed by atoms with Crippen LogP contribution in [0.1, 0.15) is 0 Å². The summed E-state index contributed by atoms with van der Waals surface area (Å²) in [5, 5.41) is 33.5. The molecule has 0 radical (unpaired) electrons. The van der Waals surface area contributed by atoms with Gasteiger partial charge in [0, 0.05) is 5.02 Å². The minimum atomic E-state index is 0.363. The van der Waals surface area contributed by atoms with Crippen LogP contribution in [0.15, 0.2) is 30.3 Å². The van der Waals surface area contributed by atoms with E-state index >= 15 is 0 Å². The van der Waals surface area contributed by atoms with Gasteiger partial charge in [-0.3, -0.25) is 0 Å². The first-order valence-electron chi connectivity index (χ1n) is 6.05. The van der Waals surface area contributed by atoms with Crippen molar-refractivity contribution in [3.8, 4) is 0 Å². The molecule has 0 amide bonds. The van der Waals surface area contributed by atoms with Crippen molar-refractivity contribution < 1.29 is 10.4 Å². The van der Waals surface area contributed by atoms with Crippen molar-refractivity contribution in [2.75, 3.05) is 0 Å². The van der Waals surface area contributed by atoms with Gasteiger partial charge in [-0.25, -0.2) is 0 Å². The summed E-state index contributed by atoms with van der Waals surface area (Å²) < 4.78 is 0. The molecule has 0 atom stereocenters. The van der Waals surface area contributed by atoms with Gasteiger partial charge in [-0.1, -0.05) is 44.5 Å². The smallest absolute Gasteiger partial charge is 0.132 e. The Morgan fingerprint density at radius 1 is 0.739 bits per heavy atom. The summed E-state index contributed by atoms with van der Waals surface area (Å²) >= 11 is 17.1. The average molecular weight is 374 g/mol. The van der Waals surface area contributed by atoms with Crippen LogP contribution < -0.4 is 0 Å². The fourth-order valence-electron chi connectivity index (χ4n) is 1.79. The van der Waals surface area contributed by atoms with Gasteiger partial charge in [0.25, 0.3) is 0 Å². The van der Waals surface area contributed by atoms with Crippen molar-refractivity contribution in [3.63, 3.8) is 0 Å². The Hall–Kier alpha value is -2.29. The van der Waals surface area contributed by atoms with Gasteiger partial charge in [-0.15, -0.1) is 10.2 Å². The molecule has 2 N–H and O–H groups in total. The van der Waals surface area contributed by atoms with Crippen LogP contribution in [0, 0.1) is 0 Å². The highest BCUT2D eigenvalue weighted by atomic mass is 35.5. The molecule has 118 valence electrons. The standard InChI is InChI=1S/C6H3Cl2N3O.C6H4ClN3O/c7-3-1-5-6(2-4(3)8)11(12)10-9-5;7-4-1-2-6-5(3-4)8-9-10(6)11/h1-2,12H;1-3,11H. The van der Waals surface area contributed by atoms with Crippen LogP contribution in [-0.4, -0.2) is 40.7 Å². The summed E-state index contributed by atoms with van der Waals surface area (Å²) in [5.41, 5.74) is 2.07. The maximum absolute atomic E-state index is 9.07. The number of nitrogens with zero attached hydrogens (tertiary/aromatic N) is 6. The van der Waals surface area contributed by atoms with E-state index in [-0.39, 0.29) is 0 Å². The molecule has 4 rings (SSSR count). The van der Waals surface area contributed by atoms with E-state index in [1.54, 1.807) is 24.3 Å². The molecule has 0 bridgehead atoms. The van der Waals surface area contributed by atoms with E-state index in [0.717, 1.165) is 0 Å². The Balaban J connectivity index is 0.000000136. The van der Waals surface area contributed by atoms with Gasteiger partial charge in [0.05, 0.1) is 10.0 Å². The van der Waals surface area contributed by atoms with E-state index < -0.39 is 0 Å². The van der Waals surface area contributed by atoms with Gasteiger partial charge in [-0.2, -0.15) is 0 Å². The number of hydrogen-bond acceptors (Lipinski definition) is 6. The fraction of sp³-hybridized carbons (Fsp3) is 0. The van der Waals surface area contributed by atoms with Crippen LogP contribution in [0.4, 0.5) is 0 Å². The lowest BCUT2D eigenvalue weighted by molar-refractivity contribution is 0.154. The van der Waals surface area contributed by atoms with E-state index in [4.69, 9.17) is 45.2 Å². The molecular formula is C12H7Cl3N6O2. The van der Waals surface area contributed by atoms with Gasteiger partial charge >= 0.3 is 0 Å². The predicted octanol–water partition coefficient (Wildman–Crippen LogP) is 3.30. The molecule has 0 aliphatic heterocycles. The zero-order valence-electron chi connectivity index (χ0n) is 11.1. The second kappa shape index (κ2) is 6.07. The van der Waals surface area contributed by atoms with E-state index in [0.29, 0.717) is 46.8 Å². The van der Waals surface area contributed by atoms with Crippen molar-refractivity contribution in [2.24, 2.45) is 0 Å². The Morgan fingerprint density at radius 2 is 1.30 bits per heavy atom. The maximum Gasteiger partial charge on any atom is 0.132 e. The Morgan fingerprint density at radius 3 is 2.00 bits per heavy atom. The monoisotopic (exact) mass is 372 g/mol. The van der Waals surface area contributed by atoms with Crippen LogP contribution in [0.3, 0.4) is 0 Å². The van der Waals surface area contributed by atoms with E-state index in [9.17, 15) is 0 Å². The third-order valence-electron chi connectivity index (χ3n) is 2.86. The number of benzene rings is 2. The molecule has 0 saturated heterocycles. The van der Waals surface area contributed by atoms with Gasteiger partial charge in [0.2, 0.25) is 0 Å². The molecule has 4 aromatic rings. The van der Waals surface area contributed by atoms with Crippen LogP contribution in [0.2, 0.25) is 15.1 Å². The number of rotatable bonds is 0. The number of aromatic nitrogens is 6. The Labute approximate surface area is 143 Å². The molecule has 2 aromatic heterocycles. The second-order valence-corrected chi connectivity index (χ2v) is 5.60. The molecule has 0 saturated carbocycles. The topological polar surface area (TPSA) is 102 Å². The predicted molar refractivity (Wildman–Crippen MR) is 84.5 cm³/mol. The zero-order chi connectivity index (χ0) is 16.6. The fourth-order valence-corrected chi connectivity index (χ4v) is 2.27. The van der Waals surface area contributed by atoms with E-state index in [2.05, 4.69) is 20.6 Å². The molecule has 8 nitrogen and oxygen atoms in total. The van der Waals surface area contributed by atoms with E-state index in [1.807, 2.05) is 0 Å². The highest BCUT2D eigenvalue weighted by molar-refractivity contribution is 6.42. The first-order chi connectivity index (χ1) is 11.0. The number of hydrogen-bond donors (Lipinski definition) is 2. The maximum atomic E-state index is 9.07. The lowest BCUT2D eigenvalue weighted by Gasteiger charge is -1.94. The Bertz CT molecular complexity index is 999. The summed E-state index contributed by atoms with van der Waals surface area (Å²) in [6.45, 7) is 0. The molecule has 0 aliphatic rings. The van der Waals surface area contributed by atoms with Crippen molar-refractivity contribution >= 4 is 56.9 Å². The molecule has 0 aliphatic carbocycles. The molecule has 2 heterocycles. The van der Waals surface area contributed by atoms with Crippen molar-refractivity contribution in [2.45, 2.75) is 0 Å². The minimum absolute atomic E-state index is 0.363. The zero-order valence-corrected chi connectivity index (χ0v) is 13.4. The average Bonchev–Trinajstić information content (AvgIpc) is 3.05. The minimum Gasteiger partial charge on any atom is -0.410 e. The highest BCUT2D eigenvalue weighted by Gasteiger charge is 2.06. The van der Waals surface area contributed by atoms with Gasteiger partial charge in [0.1, 0.15) is 22.1 Å². The molecule has 2 aromatic carbocycles. The van der Waals surface area contributed by atoms with Crippen molar-refractivity contribution in [1.82, 2.24) is 30.3 Å². The highest BCUT2D eigenvalue weighted by Crippen LogP contribution is 2.25. The largest absolute Gasteiger partial charge is 0.410 e. The van der Waals surface area contributed by atoms with Gasteiger partial charge in [-0.05, 0) is 40.8 Å². The summed E-state index contributed by atoms with van der Waals surface area (Å²) in [7, 11) is 0. The molecule has 11 heteroatoms. The van der Waals surface area contributed by atoms with Crippen LogP contribution in [0.25, 0.3) is 22.1 Å². The summed E-state index contributed by atoms with van der Waals surface area (Å²) in [6.07, 6.45) is 0. The third-order valence-corrected chi connectivity index (χ3v) is 3.82. The van der Waals surface area contributed by atoms with Crippen LogP contribution in [-0.2, 0) is 0 Å². The van der Waals surface area contributed by atoms with Crippen molar-refractivity contribution in [1.29, 1.82) is 0 Å². The van der Waals surface area contributed by atoms with Gasteiger partial charge in [0.15, 0.2) is 0 Å². The molecular weight excluding hydrogens is 367 g/mol. The lowest BCUT2D eigenvalue weighted by Crippen LogP contribution is -1.91. The van der Waals surface area contributed by atoms with Crippen molar-refractivity contribution in [3.05, 3.63) is 45.4 Å². The first-order valence-corrected chi connectivity index (χ1v) is 7.19. The second-order valence-electron chi connectivity index (χ2n) is 4.35. The molecule has 0 spiro atoms. The molecule has 0 unspecified atom stereocenters. The molecule has 23 heavy (non-hydrogen) atoms. The number of fused-ring (bicyclic) bond motifs is 2. The summed E-state index contributed by atoms with van der Waals surface area (Å²) in [6, 6.07) is 7.99. The van der Waals surface area contributed by atoms with Gasteiger partial charge < -0.3 is 10.4 Å². The van der Waals surface area contributed by atoms with Crippen LogP contribution in [0.5, 0.6) is 0 Å². The lowest BCUT2D eigenvalue weighted by atomic mass is 10.3. The quantitative estimate of drug-likeness (QED) is 0.459. The molecule has 0 fully saturated rings. The van der Waals surface area contributed by atoms with E-state index in [1.165, 1.54) is 6.07 Å². The third kappa shape index (κ3) is 3.09. The normalized spacial score (nSPS) is 10.7.